The zero-order chi connectivity index (χ0) is 16.8. The van der Waals surface area contributed by atoms with Gasteiger partial charge in [-0.15, -0.1) is 24.0 Å². The number of rotatable bonds is 11. The molecular weight excluding hydrogens is 445 g/mol. The second-order valence-electron chi connectivity index (χ2n) is 4.66. The number of hydrogen-bond acceptors (Lipinski definition) is 4. The van der Waals surface area contributed by atoms with Crippen molar-refractivity contribution in [3.8, 4) is 5.75 Å². The van der Waals surface area contributed by atoms with Crippen LogP contribution in [0.1, 0.15) is 6.42 Å². The SMILES string of the molecule is CN=C(NCCCOCCOC)NCCOc1ccccc1Cl.I. The van der Waals surface area contributed by atoms with E-state index in [0.29, 0.717) is 43.7 Å². The summed E-state index contributed by atoms with van der Waals surface area (Å²) < 4.78 is 15.9. The highest BCUT2D eigenvalue weighted by molar-refractivity contribution is 14.0. The summed E-state index contributed by atoms with van der Waals surface area (Å²) in [7, 11) is 3.40. The molecular formula is C16H27ClIN3O3. The van der Waals surface area contributed by atoms with E-state index in [1.54, 1.807) is 20.2 Å². The van der Waals surface area contributed by atoms with Gasteiger partial charge in [0.2, 0.25) is 0 Å². The van der Waals surface area contributed by atoms with Gasteiger partial charge in [-0.1, -0.05) is 23.7 Å². The average Bonchev–Trinajstić information content (AvgIpc) is 2.57. The van der Waals surface area contributed by atoms with E-state index in [9.17, 15) is 0 Å². The fourth-order valence-electron chi connectivity index (χ4n) is 1.74. The maximum Gasteiger partial charge on any atom is 0.191 e. The third-order valence-corrected chi connectivity index (χ3v) is 3.21. The highest BCUT2D eigenvalue weighted by Crippen LogP contribution is 2.22. The van der Waals surface area contributed by atoms with Gasteiger partial charge in [-0.05, 0) is 18.6 Å². The molecule has 0 spiro atoms. The molecule has 2 N–H and O–H groups in total. The lowest BCUT2D eigenvalue weighted by atomic mass is 10.3. The summed E-state index contributed by atoms with van der Waals surface area (Å²) >= 11 is 6.02. The van der Waals surface area contributed by atoms with Crippen molar-refractivity contribution in [2.24, 2.45) is 4.99 Å². The summed E-state index contributed by atoms with van der Waals surface area (Å²) in [6.45, 7) is 3.88. The maximum absolute atomic E-state index is 6.02. The summed E-state index contributed by atoms with van der Waals surface area (Å²) in [5.41, 5.74) is 0. The van der Waals surface area contributed by atoms with Crippen molar-refractivity contribution in [3.05, 3.63) is 29.3 Å². The summed E-state index contributed by atoms with van der Waals surface area (Å²) in [4.78, 5) is 4.15. The molecule has 0 aliphatic carbocycles. The minimum absolute atomic E-state index is 0. The van der Waals surface area contributed by atoms with Crippen molar-refractivity contribution < 1.29 is 14.2 Å². The van der Waals surface area contributed by atoms with Gasteiger partial charge in [0.25, 0.3) is 0 Å². The molecule has 0 aromatic heterocycles. The van der Waals surface area contributed by atoms with Gasteiger partial charge in [0.1, 0.15) is 12.4 Å². The molecule has 0 bridgehead atoms. The Morgan fingerprint density at radius 2 is 1.83 bits per heavy atom. The predicted octanol–water partition coefficient (Wildman–Crippen LogP) is 2.55. The highest BCUT2D eigenvalue weighted by Gasteiger charge is 2.00. The van der Waals surface area contributed by atoms with E-state index in [4.69, 9.17) is 25.8 Å². The van der Waals surface area contributed by atoms with Gasteiger partial charge in [0.15, 0.2) is 5.96 Å². The predicted molar refractivity (Wildman–Crippen MR) is 109 cm³/mol. The first kappa shape index (κ1) is 23.2. The molecule has 0 aliphatic rings. The number of benzene rings is 1. The molecule has 138 valence electrons. The number of nitrogens with one attached hydrogen (secondary N) is 2. The molecule has 0 radical (unpaired) electrons. The first-order valence-electron chi connectivity index (χ1n) is 7.66. The lowest BCUT2D eigenvalue weighted by Crippen LogP contribution is -2.39. The van der Waals surface area contributed by atoms with Crippen molar-refractivity contribution in [3.63, 3.8) is 0 Å². The number of ether oxygens (including phenoxy) is 3. The number of hydrogen-bond donors (Lipinski definition) is 2. The van der Waals surface area contributed by atoms with Crippen LogP contribution in [-0.4, -0.2) is 59.6 Å². The van der Waals surface area contributed by atoms with E-state index >= 15 is 0 Å². The van der Waals surface area contributed by atoms with Crippen molar-refractivity contribution in [1.82, 2.24) is 10.6 Å². The molecule has 0 heterocycles. The largest absolute Gasteiger partial charge is 0.490 e. The van der Waals surface area contributed by atoms with Gasteiger partial charge in [-0.3, -0.25) is 4.99 Å². The smallest absolute Gasteiger partial charge is 0.191 e. The third kappa shape index (κ3) is 10.9. The topological polar surface area (TPSA) is 64.1 Å². The van der Waals surface area contributed by atoms with Crippen LogP contribution in [-0.2, 0) is 9.47 Å². The van der Waals surface area contributed by atoms with E-state index in [1.807, 2.05) is 18.2 Å². The molecule has 0 saturated carbocycles. The Labute approximate surface area is 166 Å². The van der Waals surface area contributed by atoms with Crippen LogP contribution in [0.25, 0.3) is 0 Å². The van der Waals surface area contributed by atoms with Crippen LogP contribution in [0.4, 0.5) is 0 Å². The molecule has 8 heteroatoms. The second-order valence-corrected chi connectivity index (χ2v) is 5.07. The Bertz CT molecular complexity index is 464. The number of nitrogens with zero attached hydrogens (tertiary/aromatic N) is 1. The molecule has 0 atom stereocenters. The van der Waals surface area contributed by atoms with E-state index in [2.05, 4.69) is 15.6 Å². The van der Waals surface area contributed by atoms with Gasteiger partial charge in [-0.2, -0.15) is 0 Å². The lowest BCUT2D eigenvalue weighted by molar-refractivity contribution is 0.0698. The number of halogens is 2. The summed E-state index contributed by atoms with van der Waals surface area (Å²) in [5.74, 6) is 1.43. The van der Waals surface area contributed by atoms with E-state index in [1.165, 1.54) is 0 Å². The fraction of sp³-hybridized carbons (Fsp3) is 0.562. The van der Waals surface area contributed by atoms with Crippen molar-refractivity contribution in [2.75, 3.05) is 53.7 Å². The van der Waals surface area contributed by atoms with Crippen LogP contribution in [0.15, 0.2) is 29.3 Å². The van der Waals surface area contributed by atoms with Gasteiger partial charge in [0, 0.05) is 27.3 Å². The van der Waals surface area contributed by atoms with Crippen molar-refractivity contribution in [2.45, 2.75) is 6.42 Å². The molecule has 0 aliphatic heterocycles. The maximum atomic E-state index is 6.02. The Balaban J connectivity index is 0.00000529. The zero-order valence-electron chi connectivity index (χ0n) is 14.2. The number of aliphatic imine (C=N–C) groups is 1. The molecule has 1 aromatic carbocycles. The zero-order valence-corrected chi connectivity index (χ0v) is 17.3. The highest BCUT2D eigenvalue weighted by atomic mass is 127. The Morgan fingerprint density at radius 1 is 1.08 bits per heavy atom. The molecule has 6 nitrogen and oxygen atoms in total. The standard InChI is InChI=1S/C16H26ClN3O3.HI/c1-18-16(19-8-5-10-22-13-12-21-2)20-9-11-23-15-7-4-3-6-14(15)17;/h3-4,6-7H,5,8-13H2,1-2H3,(H2,18,19,20);1H. The molecule has 1 rings (SSSR count). The van der Waals surface area contributed by atoms with Gasteiger partial charge in [-0.25, -0.2) is 0 Å². The van der Waals surface area contributed by atoms with E-state index < -0.39 is 0 Å². The Morgan fingerprint density at radius 3 is 2.54 bits per heavy atom. The third-order valence-electron chi connectivity index (χ3n) is 2.90. The average molecular weight is 472 g/mol. The summed E-state index contributed by atoms with van der Waals surface area (Å²) in [6, 6.07) is 7.42. The lowest BCUT2D eigenvalue weighted by Gasteiger charge is -2.13. The molecule has 0 unspecified atom stereocenters. The number of methoxy groups -OCH3 is 1. The minimum atomic E-state index is 0. The van der Waals surface area contributed by atoms with Crippen LogP contribution >= 0.6 is 35.6 Å². The van der Waals surface area contributed by atoms with Crippen LogP contribution in [0.5, 0.6) is 5.75 Å². The summed E-state index contributed by atoms with van der Waals surface area (Å²) in [6.07, 6.45) is 0.903. The van der Waals surface area contributed by atoms with Crippen LogP contribution < -0.4 is 15.4 Å². The van der Waals surface area contributed by atoms with Crippen molar-refractivity contribution >= 4 is 41.5 Å². The van der Waals surface area contributed by atoms with Gasteiger partial charge in [0.05, 0.1) is 24.8 Å². The second kappa shape index (κ2) is 15.7. The van der Waals surface area contributed by atoms with Gasteiger partial charge >= 0.3 is 0 Å². The minimum Gasteiger partial charge on any atom is -0.490 e. The molecule has 1 aromatic rings. The van der Waals surface area contributed by atoms with Crippen LogP contribution in [0.2, 0.25) is 5.02 Å². The number of guanidine groups is 1. The van der Waals surface area contributed by atoms with E-state index in [-0.39, 0.29) is 24.0 Å². The van der Waals surface area contributed by atoms with Crippen LogP contribution in [0.3, 0.4) is 0 Å². The monoisotopic (exact) mass is 471 g/mol. The normalized spacial score (nSPS) is 10.9. The number of para-hydroxylation sites is 1. The van der Waals surface area contributed by atoms with Crippen LogP contribution in [0, 0.1) is 0 Å². The molecule has 0 saturated heterocycles. The molecule has 0 fully saturated rings. The Hall–Kier alpha value is -0.770. The van der Waals surface area contributed by atoms with E-state index in [0.717, 1.165) is 18.9 Å². The van der Waals surface area contributed by atoms with Gasteiger partial charge < -0.3 is 24.8 Å². The molecule has 0 amide bonds. The first-order valence-corrected chi connectivity index (χ1v) is 8.04. The first-order chi connectivity index (χ1) is 11.3. The fourth-order valence-corrected chi connectivity index (χ4v) is 1.93. The quantitative estimate of drug-likeness (QED) is 0.225. The molecule has 24 heavy (non-hydrogen) atoms. The van der Waals surface area contributed by atoms with Crippen molar-refractivity contribution in [1.29, 1.82) is 0 Å². The summed E-state index contributed by atoms with van der Waals surface area (Å²) in [5, 5.41) is 7.01. The Kier molecular flexibility index (Phi) is 15.2.